The SMILES string of the molecule is COc1ccccc1C(=O)NC(=S)Nc1ccc(N2CCN(C(=O)C(C)C)CC2)c(Cl)c1. The van der Waals surface area contributed by atoms with E-state index in [1.807, 2.05) is 30.9 Å². The number of hydrogen-bond acceptors (Lipinski definition) is 5. The number of benzene rings is 2. The number of hydrogen-bond donors (Lipinski definition) is 2. The van der Waals surface area contributed by atoms with Crippen molar-refractivity contribution in [2.45, 2.75) is 13.8 Å². The van der Waals surface area contributed by atoms with Gasteiger partial charge in [0.2, 0.25) is 5.91 Å². The molecule has 2 N–H and O–H groups in total. The van der Waals surface area contributed by atoms with Crippen molar-refractivity contribution in [3.05, 3.63) is 53.1 Å². The van der Waals surface area contributed by atoms with Crippen molar-refractivity contribution in [1.82, 2.24) is 10.2 Å². The third-order valence-electron chi connectivity index (χ3n) is 5.21. The molecule has 7 nitrogen and oxygen atoms in total. The van der Waals surface area contributed by atoms with Crippen molar-refractivity contribution < 1.29 is 14.3 Å². The molecule has 32 heavy (non-hydrogen) atoms. The molecule has 0 spiro atoms. The first-order chi connectivity index (χ1) is 15.3. The lowest BCUT2D eigenvalue weighted by Crippen LogP contribution is -2.50. The van der Waals surface area contributed by atoms with Crippen molar-refractivity contribution in [1.29, 1.82) is 0 Å². The molecule has 0 bridgehead atoms. The Hall–Kier alpha value is -2.84. The van der Waals surface area contributed by atoms with E-state index >= 15 is 0 Å². The molecule has 0 radical (unpaired) electrons. The molecule has 0 atom stereocenters. The van der Waals surface area contributed by atoms with E-state index in [0.717, 1.165) is 18.8 Å². The quantitative estimate of drug-likeness (QED) is 0.642. The van der Waals surface area contributed by atoms with Gasteiger partial charge in [-0.1, -0.05) is 37.6 Å². The van der Waals surface area contributed by atoms with Gasteiger partial charge in [-0.25, -0.2) is 0 Å². The molecule has 9 heteroatoms. The summed E-state index contributed by atoms with van der Waals surface area (Å²) in [7, 11) is 1.51. The van der Waals surface area contributed by atoms with Crippen molar-refractivity contribution in [2.75, 3.05) is 43.5 Å². The molecule has 1 aliphatic heterocycles. The second-order valence-corrected chi connectivity index (χ2v) is 8.56. The van der Waals surface area contributed by atoms with E-state index in [2.05, 4.69) is 15.5 Å². The maximum atomic E-state index is 12.5. The lowest BCUT2D eigenvalue weighted by atomic mass is 10.1. The van der Waals surface area contributed by atoms with E-state index in [-0.39, 0.29) is 22.8 Å². The minimum Gasteiger partial charge on any atom is -0.496 e. The summed E-state index contributed by atoms with van der Waals surface area (Å²) in [4.78, 5) is 28.7. The monoisotopic (exact) mass is 474 g/mol. The highest BCUT2D eigenvalue weighted by atomic mass is 35.5. The summed E-state index contributed by atoms with van der Waals surface area (Å²) in [5.74, 6) is 0.286. The lowest BCUT2D eigenvalue weighted by Gasteiger charge is -2.37. The number of nitrogens with zero attached hydrogens (tertiary/aromatic N) is 2. The first-order valence-electron chi connectivity index (χ1n) is 10.4. The highest BCUT2D eigenvalue weighted by Gasteiger charge is 2.24. The first-order valence-corrected chi connectivity index (χ1v) is 11.2. The molecule has 2 aromatic rings. The fraction of sp³-hybridized carbons (Fsp3) is 0.348. The van der Waals surface area contributed by atoms with Gasteiger partial charge in [0.15, 0.2) is 5.11 Å². The summed E-state index contributed by atoms with van der Waals surface area (Å²) in [6.45, 7) is 6.62. The highest BCUT2D eigenvalue weighted by Crippen LogP contribution is 2.30. The van der Waals surface area contributed by atoms with Crippen LogP contribution >= 0.6 is 23.8 Å². The Kier molecular flexibility index (Phi) is 7.93. The van der Waals surface area contributed by atoms with Crippen LogP contribution in [0.15, 0.2) is 42.5 Å². The predicted octanol–water partition coefficient (Wildman–Crippen LogP) is 3.78. The Morgan fingerprint density at radius 2 is 1.78 bits per heavy atom. The molecule has 1 saturated heterocycles. The van der Waals surface area contributed by atoms with Crippen LogP contribution in [0.4, 0.5) is 11.4 Å². The molecule has 0 aromatic heterocycles. The largest absolute Gasteiger partial charge is 0.496 e. The van der Waals surface area contributed by atoms with Gasteiger partial charge in [0, 0.05) is 37.8 Å². The van der Waals surface area contributed by atoms with Crippen LogP contribution in [0.1, 0.15) is 24.2 Å². The van der Waals surface area contributed by atoms with Gasteiger partial charge in [-0.05, 0) is 42.5 Å². The predicted molar refractivity (Wildman–Crippen MR) is 132 cm³/mol. The number of amides is 2. The Morgan fingerprint density at radius 3 is 2.41 bits per heavy atom. The molecule has 3 rings (SSSR count). The molecular weight excluding hydrogens is 448 g/mol. The van der Waals surface area contributed by atoms with Gasteiger partial charge >= 0.3 is 0 Å². The number of nitrogens with one attached hydrogen (secondary N) is 2. The standard InChI is InChI=1S/C23H27ClN4O3S/c1-15(2)22(30)28-12-10-27(11-13-28)19-9-8-16(14-18(19)24)25-23(32)26-21(29)17-6-4-5-7-20(17)31-3/h4-9,14-15H,10-13H2,1-3H3,(H2,25,26,29,32). The molecule has 2 aromatic carbocycles. The number of carbonyl (C=O) groups excluding carboxylic acids is 2. The summed E-state index contributed by atoms with van der Waals surface area (Å²) in [6.07, 6.45) is 0. The lowest BCUT2D eigenvalue weighted by molar-refractivity contribution is -0.134. The number of halogens is 1. The van der Waals surface area contributed by atoms with Gasteiger partial charge in [0.1, 0.15) is 5.75 Å². The first kappa shape index (κ1) is 23.8. The van der Waals surface area contributed by atoms with Gasteiger partial charge in [0.25, 0.3) is 5.91 Å². The van der Waals surface area contributed by atoms with Gasteiger partial charge in [-0.3, -0.25) is 14.9 Å². The van der Waals surface area contributed by atoms with Crippen molar-refractivity contribution in [2.24, 2.45) is 5.92 Å². The number of carbonyl (C=O) groups is 2. The number of methoxy groups -OCH3 is 1. The zero-order chi connectivity index (χ0) is 23.3. The van der Waals surface area contributed by atoms with Crippen molar-refractivity contribution in [3.63, 3.8) is 0 Å². The second-order valence-electron chi connectivity index (χ2n) is 7.74. The number of para-hydroxylation sites is 1. The van der Waals surface area contributed by atoms with Gasteiger partial charge < -0.3 is 19.9 Å². The van der Waals surface area contributed by atoms with E-state index in [9.17, 15) is 9.59 Å². The summed E-state index contributed by atoms with van der Waals surface area (Å²) < 4.78 is 5.22. The molecule has 0 saturated carbocycles. The van der Waals surface area contributed by atoms with E-state index < -0.39 is 0 Å². The Bertz CT molecular complexity index is 1010. The number of piperazine rings is 1. The van der Waals surface area contributed by atoms with Crippen LogP contribution in [0.2, 0.25) is 5.02 Å². The zero-order valence-electron chi connectivity index (χ0n) is 18.4. The Labute approximate surface area is 198 Å². The number of ether oxygens (including phenoxy) is 1. The van der Waals surface area contributed by atoms with Crippen LogP contribution in [0, 0.1) is 5.92 Å². The maximum Gasteiger partial charge on any atom is 0.261 e. The molecule has 2 amide bonds. The molecule has 1 fully saturated rings. The fourth-order valence-corrected chi connectivity index (χ4v) is 4.05. The van der Waals surface area contributed by atoms with E-state index in [0.29, 0.717) is 35.1 Å². The molecule has 0 aliphatic carbocycles. The number of anilines is 2. The number of thiocarbonyl (C=S) groups is 1. The Balaban J connectivity index is 1.59. The third-order valence-corrected chi connectivity index (χ3v) is 5.72. The number of rotatable bonds is 5. The summed E-state index contributed by atoms with van der Waals surface area (Å²) in [5.41, 5.74) is 1.96. The van der Waals surface area contributed by atoms with Crippen LogP contribution < -0.4 is 20.3 Å². The van der Waals surface area contributed by atoms with Crippen LogP contribution in [-0.2, 0) is 4.79 Å². The normalized spacial score (nSPS) is 13.7. The molecule has 0 unspecified atom stereocenters. The topological polar surface area (TPSA) is 73.9 Å². The van der Waals surface area contributed by atoms with E-state index in [1.54, 1.807) is 30.3 Å². The zero-order valence-corrected chi connectivity index (χ0v) is 19.9. The third kappa shape index (κ3) is 5.69. The van der Waals surface area contributed by atoms with Crippen LogP contribution in [-0.4, -0.2) is 55.1 Å². The highest BCUT2D eigenvalue weighted by molar-refractivity contribution is 7.80. The van der Waals surface area contributed by atoms with E-state index in [1.165, 1.54) is 7.11 Å². The van der Waals surface area contributed by atoms with Gasteiger partial charge in [0.05, 0.1) is 23.4 Å². The minimum atomic E-state index is -0.364. The van der Waals surface area contributed by atoms with Gasteiger partial charge in [-0.2, -0.15) is 0 Å². The van der Waals surface area contributed by atoms with E-state index in [4.69, 9.17) is 28.6 Å². The van der Waals surface area contributed by atoms with Crippen molar-refractivity contribution >= 4 is 52.1 Å². The maximum absolute atomic E-state index is 12.5. The van der Waals surface area contributed by atoms with Crippen LogP contribution in [0.5, 0.6) is 5.75 Å². The second kappa shape index (κ2) is 10.7. The minimum absolute atomic E-state index is 0.00260. The van der Waals surface area contributed by atoms with Crippen molar-refractivity contribution in [3.8, 4) is 5.75 Å². The van der Waals surface area contributed by atoms with Gasteiger partial charge in [-0.15, -0.1) is 0 Å². The molecule has 1 aliphatic rings. The van der Waals surface area contributed by atoms with Crippen LogP contribution in [0.3, 0.4) is 0 Å². The summed E-state index contributed by atoms with van der Waals surface area (Å²) >= 11 is 11.8. The molecular formula is C23H27ClN4O3S. The fourth-order valence-electron chi connectivity index (χ4n) is 3.54. The summed E-state index contributed by atoms with van der Waals surface area (Å²) in [5, 5.41) is 6.37. The Morgan fingerprint density at radius 1 is 1.09 bits per heavy atom. The van der Waals surface area contributed by atoms with Crippen LogP contribution in [0.25, 0.3) is 0 Å². The molecule has 170 valence electrons. The average molecular weight is 475 g/mol. The summed E-state index contributed by atoms with van der Waals surface area (Å²) in [6, 6.07) is 12.5. The smallest absolute Gasteiger partial charge is 0.261 e. The molecule has 1 heterocycles. The average Bonchev–Trinajstić information content (AvgIpc) is 2.78.